The standard InChI is InChI=1S/C15H24OS4/c1-17-14(18-2)11-9-7-5-6-8-10-12(13(11)16)15(19-3)20-4/h5-10H2,1-4H3. The van der Waals surface area contributed by atoms with Gasteiger partial charge in [-0.25, -0.2) is 0 Å². The number of allylic oxidation sites excluding steroid dienone is 2. The van der Waals surface area contributed by atoms with Gasteiger partial charge in [0.15, 0.2) is 5.78 Å². The van der Waals surface area contributed by atoms with Crippen molar-refractivity contribution in [1.82, 2.24) is 0 Å². The fraction of sp³-hybridized carbons (Fsp3) is 0.667. The van der Waals surface area contributed by atoms with Crippen molar-refractivity contribution in [2.45, 2.75) is 38.5 Å². The Morgan fingerprint density at radius 1 is 0.700 bits per heavy atom. The highest BCUT2D eigenvalue weighted by molar-refractivity contribution is 8.22. The average Bonchev–Trinajstić information content (AvgIpc) is 2.55. The minimum Gasteiger partial charge on any atom is -0.289 e. The third-order valence-corrected chi connectivity index (χ3v) is 7.85. The van der Waals surface area contributed by atoms with Gasteiger partial charge in [-0.15, -0.1) is 47.0 Å². The number of thioether (sulfide) groups is 4. The maximum absolute atomic E-state index is 13.0. The zero-order valence-electron chi connectivity index (χ0n) is 12.8. The molecule has 0 atom stereocenters. The second kappa shape index (κ2) is 10.3. The smallest absolute Gasteiger partial charge is 0.188 e. The molecule has 0 N–H and O–H groups in total. The number of hydrogen-bond donors (Lipinski definition) is 0. The number of hydrogen-bond acceptors (Lipinski definition) is 5. The van der Waals surface area contributed by atoms with Gasteiger partial charge in [0.05, 0.1) is 0 Å². The number of Topliss-reactive ketones (excluding diaryl/α,β-unsaturated/α-hetero) is 1. The molecule has 114 valence electrons. The van der Waals surface area contributed by atoms with Crippen LogP contribution in [-0.2, 0) is 4.79 Å². The molecule has 0 amide bonds. The van der Waals surface area contributed by atoms with Crippen molar-refractivity contribution in [3.63, 3.8) is 0 Å². The Bertz CT molecular complexity index is 351. The number of ketones is 1. The zero-order valence-corrected chi connectivity index (χ0v) is 16.0. The van der Waals surface area contributed by atoms with E-state index < -0.39 is 0 Å². The molecule has 0 heterocycles. The van der Waals surface area contributed by atoms with Gasteiger partial charge in [-0.2, -0.15) is 0 Å². The third-order valence-electron chi connectivity index (χ3n) is 3.39. The van der Waals surface area contributed by atoms with Gasteiger partial charge in [0.25, 0.3) is 0 Å². The summed E-state index contributed by atoms with van der Waals surface area (Å²) >= 11 is 6.87. The van der Waals surface area contributed by atoms with Crippen LogP contribution in [0.4, 0.5) is 0 Å². The molecule has 1 rings (SSSR count). The van der Waals surface area contributed by atoms with Crippen LogP contribution in [0.25, 0.3) is 0 Å². The Labute approximate surface area is 140 Å². The van der Waals surface area contributed by atoms with E-state index in [1.807, 2.05) is 0 Å². The minimum atomic E-state index is 0.310. The fourth-order valence-corrected chi connectivity index (χ4v) is 5.51. The highest BCUT2D eigenvalue weighted by Gasteiger charge is 2.22. The molecule has 0 spiro atoms. The molecule has 0 bridgehead atoms. The molecule has 0 aromatic rings. The summed E-state index contributed by atoms with van der Waals surface area (Å²) < 4.78 is 2.41. The summed E-state index contributed by atoms with van der Waals surface area (Å²) in [6.07, 6.45) is 15.0. The van der Waals surface area contributed by atoms with Crippen LogP contribution in [0.15, 0.2) is 19.6 Å². The lowest BCUT2D eigenvalue weighted by atomic mass is 10.0. The van der Waals surface area contributed by atoms with E-state index in [0.717, 1.165) is 36.8 Å². The molecular formula is C15H24OS4. The monoisotopic (exact) mass is 348 g/mol. The van der Waals surface area contributed by atoms with Crippen molar-refractivity contribution in [2.24, 2.45) is 0 Å². The van der Waals surface area contributed by atoms with Gasteiger partial charge in [0.1, 0.15) is 0 Å². The summed E-state index contributed by atoms with van der Waals surface area (Å²) in [6.45, 7) is 0. The molecule has 0 radical (unpaired) electrons. The van der Waals surface area contributed by atoms with Gasteiger partial charge in [-0.05, 0) is 50.7 Å². The molecule has 1 aliphatic carbocycles. The number of rotatable bonds is 4. The molecule has 0 aromatic carbocycles. The van der Waals surface area contributed by atoms with Crippen LogP contribution in [-0.4, -0.2) is 30.8 Å². The Hall–Kier alpha value is 0.550. The lowest BCUT2D eigenvalue weighted by molar-refractivity contribution is -0.112. The molecule has 1 saturated carbocycles. The predicted molar refractivity (Wildman–Crippen MR) is 101 cm³/mol. The Balaban J connectivity index is 3.26. The van der Waals surface area contributed by atoms with Gasteiger partial charge < -0.3 is 0 Å². The van der Waals surface area contributed by atoms with Crippen LogP contribution in [0.2, 0.25) is 0 Å². The summed E-state index contributed by atoms with van der Waals surface area (Å²) in [4.78, 5) is 13.0. The molecule has 1 aliphatic rings. The second-order valence-corrected chi connectivity index (χ2v) is 8.37. The van der Waals surface area contributed by atoms with E-state index in [9.17, 15) is 4.79 Å². The number of carbonyl (C=O) groups excluding carboxylic acids is 1. The van der Waals surface area contributed by atoms with Crippen molar-refractivity contribution in [3.8, 4) is 0 Å². The van der Waals surface area contributed by atoms with E-state index in [-0.39, 0.29) is 0 Å². The summed E-state index contributed by atoms with van der Waals surface area (Å²) in [5.74, 6) is 0.310. The Kier molecular flexibility index (Phi) is 9.58. The van der Waals surface area contributed by atoms with E-state index in [2.05, 4.69) is 25.0 Å². The van der Waals surface area contributed by atoms with Gasteiger partial charge in [0, 0.05) is 19.6 Å². The maximum atomic E-state index is 13.0. The van der Waals surface area contributed by atoms with Crippen LogP contribution in [0.1, 0.15) is 38.5 Å². The first-order valence-corrected chi connectivity index (χ1v) is 11.8. The maximum Gasteiger partial charge on any atom is 0.188 e. The van der Waals surface area contributed by atoms with Crippen molar-refractivity contribution < 1.29 is 4.79 Å². The van der Waals surface area contributed by atoms with Crippen molar-refractivity contribution >= 4 is 52.8 Å². The van der Waals surface area contributed by atoms with E-state index in [1.165, 1.54) is 21.3 Å². The first kappa shape index (κ1) is 18.6. The Morgan fingerprint density at radius 2 is 1.05 bits per heavy atom. The topological polar surface area (TPSA) is 17.1 Å². The van der Waals surface area contributed by atoms with Crippen LogP contribution >= 0.6 is 47.0 Å². The largest absolute Gasteiger partial charge is 0.289 e. The van der Waals surface area contributed by atoms with Crippen molar-refractivity contribution in [1.29, 1.82) is 0 Å². The quantitative estimate of drug-likeness (QED) is 0.597. The van der Waals surface area contributed by atoms with E-state index in [4.69, 9.17) is 0 Å². The molecule has 5 heteroatoms. The normalized spacial score (nSPS) is 17.5. The first-order valence-electron chi connectivity index (χ1n) is 6.86. The minimum absolute atomic E-state index is 0.310. The van der Waals surface area contributed by atoms with Crippen molar-refractivity contribution in [3.05, 3.63) is 19.6 Å². The lowest BCUT2D eigenvalue weighted by Crippen LogP contribution is -2.09. The summed E-state index contributed by atoms with van der Waals surface area (Å²) in [6, 6.07) is 0. The van der Waals surface area contributed by atoms with Crippen LogP contribution in [0, 0.1) is 0 Å². The first-order chi connectivity index (χ1) is 9.69. The van der Waals surface area contributed by atoms with Crippen molar-refractivity contribution in [2.75, 3.05) is 25.0 Å². The van der Waals surface area contributed by atoms with Gasteiger partial charge in [0.2, 0.25) is 0 Å². The SMILES string of the molecule is CSC(SC)=C1CCCCCCC(=C(SC)SC)C1=O. The summed E-state index contributed by atoms with van der Waals surface area (Å²) in [7, 11) is 0. The number of carbonyl (C=O) groups is 1. The van der Waals surface area contributed by atoms with Crippen LogP contribution in [0.3, 0.4) is 0 Å². The average molecular weight is 349 g/mol. The van der Waals surface area contributed by atoms with Gasteiger partial charge in [-0.1, -0.05) is 12.8 Å². The molecule has 1 nitrogen and oxygen atoms in total. The molecular weight excluding hydrogens is 324 g/mol. The highest BCUT2D eigenvalue weighted by Crippen LogP contribution is 2.37. The summed E-state index contributed by atoms with van der Waals surface area (Å²) in [5, 5.41) is 0. The molecule has 1 fully saturated rings. The predicted octanol–water partition coefficient (Wildman–Crippen LogP) is 5.78. The molecule has 0 saturated heterocycles. The van der Waals surface area contributed by atoms with Crippen LogP contribution < -0.4 is 0 Å². The zero-order chi connectivity index (χ0) is 15.0. The molecule has 0 aliphatic heterocycles. The van der Waals surface area contributed by atoms with E-state index in [1.54, 1.807) is 47.0 Å². The van der Waals surface area contributed by atoms with Gasteiger partial charge in [-0.3, -0.25) is 4.79 Å². The fourth-order valence-electron chi connectivity index (χ4n) is 2.42. The second-order valence-electron chi connectivity index (χ2n) is 4.59. The Morgan fingerprint density at radius 3 is 1.35 bits per heavy atom. The van der Waals surface area contributed by atoms with Gasteiger partial charge >= 0.3 is 0 Å². The van der Waals surface area contributed by atoms with Crippen LogP contribution in [0.5, 0.6) is 0 Å². The molecule has 20 heavy (non-hydrogen) atoms. The third kappa shape index (κ3) is 5.08. The molecule has 0 unspecified atom stereocenters. The van der Waals surface area contributed by atoms with E-state index in [0.29, 0.717) is 5.78 Å². The highest BCUT2D eigenvalue weighted by atomic mass is 32.2. The summed E-state index contributed by atoms with van der Waals surface area (Å²) in [5.41, 5.74) is 2.12. The lowest BCUT2D eigenvalue weighted by Gasteiger charge is -2.14. The molecule has 0 aromatic heterocycles. The van der Waals surface area contributed by atoms with E-state index >= 15 is 0 Å².